The fourth-order valence-corrected chi connectivity index (χ4v) is 2.24. The number of nitrogens with zero attached hydrogens (tertiary/aromatic N) is 1. The monoisotopic (exact) mass is 273 g/mol. The average molecular weight is 273 g/mol. The summed E-state index contributed by atoms with van der Waals surface area (Å²) in [6, 6.07) is 11.4. The highest BCUT2D eigenvalue weighted by Gasteiger charge is 2.17. The van der Waals surface area contributed by atoms with Gasteiger partial charge in [-0.25, -0.2) is 0 Å². The highest BCUT2D eigenvalue weighted by atomic mass is 16.5. The van der Waals surface area contributed by atoms with Crippen LogP contribution in [-0.4, -0.2) is 36.2 Å². The maximum Gasteiger partial charge on any atom is 0.320 e. The first-order valence-corrected chi connectivity index (χ1v) is 6.52. The van der Waals surface area contributed by atoms with Gasteiger partial charge in [0.15, 0.2) is 0 Å². The Hall–Kier alpha value is -2.07. The SMILES string of the molecule is COc1ccc(CN(C)C(C)C(=O)O)c2ccccc12. The molecule has 0 aliphatic rings. The Morgan fingerprint density at radius 3 is 2.50 bits per heavy atom. The van der Waals surface area contributed by atoms with Gasteiger partial charge in [0.05, 0.1) is 7.11 Å². The molecule has 2 aromatic carbocycles. The molecule has 2 rings (SSSR count). The molecule has 4 nitrogen and oxygen atoms in total. The zero-order valence-electron chi connectivity index (χ0n) is 12.0. The molecular formula is C16H19NO3. The summed E-state index contributed by atoms with van der Waals surface area (Å²) in [5.41, 5.74) is 1.09. The number of likely N-dealkylation sites (N-methyl/N-ethyl adjacent to an activating group) is 1. The van der Waals surface area contributed by atoms with Crippen molar-refractivity contribution in [2.75, 3.05) is 14.2 Å². The summed E-state index contributed by atoms with van der Waals surface area (Å²) in [4.78, 5) is 12.8. The number of carboxylic acid groups (broad SMARTS) is 1. The fourth-order valence-electron chi connectivity index (χ4n) is 2.24. The molecule has 0 spiro atoms. The second-order valence-electron chi connectivity index (χ2n) is 4.90. The number of rotatable bonds is 5. The maximum atomic E-state index is 11.0. The smallest absolute Gasteiger partial charge is 0.320 e. The van der Waals surface area contributed by atoms with Crippen LogP contribution >= 0.6 is 0 Å². The molecule has 1 N–H and O–H groups in total. The second-order valence-corrected chi connectivity index (χ2v) is 4.90. The standard InChI is InChI=1S/C16H19NO3/c1-11(16(18)19)17(2)10-12-8-9-15(20-3)14-7-5-4-6-13(12)14/h4-9,11H,10H2,1-3H3,(H,18,19). The van der Waals surface area contributed by atoms with Crippen LogP contribution in [0.4, 0.5) is 0 Å². The number of aliphatic carboxylic acids is 1. The molecule has 106 valence electrons. The van der Waals surface area contributed by atoms with Crippen LogP contribution in [0.2, 0.25) is 0 Å². The van der Waals surface area contributed by atoms with Gasteiger partial charge in [0.25, 0.3) is 0 Å². The van der Waals surface area contributed by atoms with Gasteiger partial charge in [-0.2, -0.15) is 0 Å². The lowest BCUT2D eigenvalue weighted by Crippen LogP contribution is -2.35. The molecule has 2 aromatic rings. The highest BCUT2D eigenvalue weighted by molar-refractivity contribution is 5.91. The van der Waals surface area contributed by atoms with Gasteiger partial charge in [-0.3, -0.25) is 9.69 Å². The molecule has 20 heavy (non-hydrogen) atoms. The van der Waals surface area contributed by atoms with E-state index in [-0.39, 0.29) is 0 Å². The van der Waals surface area contributed by atoms with E-state index in [1.54, 1.807) is 14.0 Å². The molecule has 0 saturated carbocycles. The summed E-state index contributed by atoms with van der Waals surface area (Å²) in [7, 11) is 3.47. The van der Waals surface area contributed by atoms with Gasteiger partial charge in [0.1, 0.15) is 11.8 Å². The number of ether oxygens (including phenoxy) is 1. The predicted molar refractivity (Wildman–Crippen MR) is 79.1 cm³/mol. The Morgan fingerprint density at radius 2 is 1.90 bits per heavy atom. The van der Waals surface area contributed by atoms with Gasteiger partial charge in [-0.05, 0) is 31.0 Å². The molecule has 1 unspecified atom stereocenters. The van der Waals surface area contributed by atoms with Crippen molar-refractivity contribution >= 4 is 16.7 Å². The van der Waals surface area contributed by atoms with Gasteiger partial charge in [0.2, 0.25) is 0 Å². The molecule has 0 radical (unpaired) electrons. The predicted octanol–water partition coefficient (Wildman–Crippen LogP) is 2.75. The van der Waals surface area contributed by atoms with Crippen LogP contribution in [-0.2, 0) is 11.3 Å². The third kappa shape index (κ3) is 2.75. The molecule has 0 saturated heterocycles. The van der Waals surface area contributed by atoms with Crippen molar-refractivity contribution in [1.82, 2.24) is 4.90 Å². The van der Waals surface area contributed by atoms with Crippen LogP contribution in [0.5, 0.6) is 5.75 Å². The molecule has 0 heterocycles. The number of fused-ring (bicyclic) bond motifs is 1. The van der Waals surface area contributed by atoms with E-state index in [0.29, 0.717) is 6.54 Å². The number of methoxy groups -OCH3 is 1. The minimum atomic E-state index is -0.815. The van der Waals surface area contributed by atoms with E-state index < -0.39 is 12.0 Å². The minimum absolute atomic E-state index is 0.518. The summed E-state index contributed by atoms with van der Waals surface area (Å²) < 4.78 is 5.37. The van der Waals surface area contributed by atoms with Gasteiger partial charge >= 0.3 is 5.97 Å². The fraction of sp³-hybridized carbons (Fsp3) is 0.312. The third-order valence-corrected chi connectivity index (χ3v) is 3.63. The molecule has 0 aliphatic heterocycles. The van der Waals surface area contributed by atoms with Crippen LogP contribution in [0.25, 0.3) is 10.8 Å². The van der Waals surface area contributed by atoms with E-state index in [0.717, 1.165) is 22.1 Å². The number of benzene rings is 2. The lowest BCUT2D eigenvalue weighted by atomic mass is 10.0. The Labute approximate surface area is 118 Å². The quantitative estimate of drug-likeness (QED) is 0.910. The first kappa shape index (κ1) is 14.3. The minimum Gasteiger partial charge on any atom is -0.496 e. The summed E-state index contributed by atoms with van der Waals surface area (Å²) in [6.07, 6.45) is 0. The molecule has 0 amide bonds. The van der Waals surface area contributed by atoms with E-state index in [1.165, 1.54) is 0 Å². The van der Waals surface area contributed by atoms with Crippen LogP contribution in [0, 0.1) is 0 Å². The van der Waals surface area contributed by atoms with Crippen LogP contribution < -0.4 is 4.74 Å². The molecule has 0 bridgehead atoms. The van der Waals surface area contributed by atoms with Crippen molar-refractivity contribution in [3.05, 3.63) is 42.0 Å². The molecule has 1 atom stereocenters. The van der Waals surface area contributed by atoms with E-state index in [4.69, 9.17) is 9.84 Å². The Morgan fingerprint density at radius 1 is 1.25 bits per heavy atom. The summed E-state index contributed by atoms with van der Waals surface area (Å²) >= 11 is 0. The molecule has 0 fully saturated rings. The highest BCUT2D eigenvalue weighted by Crippen LogP contribution is 2.29. The average Bonchev–Trinajstić information content (AvgIpc) is 2.46. The van der Waals surface area contributed by atoms with Crippen molar-refractivity contribution in [3.8, 4) is 5.75 Å². The number of carbonyl (C=O) groups is 1. The van der Waals surface area contributed by atoms with Crippen molar-refractivity contribution < 1.29 is 14.6 Å². The maximum absolute atomic E-state index is 11.0. The summed E-state index contributed by atoms with van der Waals surface area (Å²) in [6.45, 7) is 2.27. The van der Waals surface area contributed by atoms with Crippen molar-refractivity contribution in [2.45, 2.75) is 19.5 Å². The normalized spacial score (nSPS) is 12.6. The zero-order chi connectivity index (χ0) is 14.7. The van der Waals surface area contributed by atoms with Crippen molar-refractivity contribution in [1.29, 1.82) is 0 Å². The Balaban J connectivity index is 2.38. The second kappa shape index (κ2) is 5.92. The topological polar surface area (TPSA) is 49.8 Å². The zero-order valence-corrected chi connectivity index (χ0v) is 12.0. The van der Waals surface area contributed by atoms with Gasteiger partial charge in [0, 0.05) is 11.9 Å². The lowest BCUT2D eigenvalue weighted by molar-refractivity contribution is -0.142. The number of carboxylic acids is 1. The van der Waals surface area contributed by atoms with E-state index in [2.05, 4.69) is 0 Å². The Bertz CT molecular complexity index is 624. The van der Waals surface area contributed by atoms with E-state index in [9.17, 15) is 4.79 Å². The first-order valence-electron chi connectivity index (χ1n) is 6.52. The summed E-state index contributed by atoms with van der Waals surface area (Å²) in [5, 5.41) is 11.2. The number of hydrogen-bond acceptors (Lipinski definition) is 3. The Kier molecular flexibility index (Phi) is 4.25. The summed E-state index contributed by atoms with van der Waals surface area (Å²) in [5.74, 6) is 0.0172. The van der Waals surface area contributed by atoms with E-state index in [1.807, 2.05) is 48.3 Å². The third-order valence-electron chi connectivity index (χ3n) is 3.63. The van der Waals surface area contributed by atoms with Crippen LogP contribution in [0.3, 0.4) is 0 Å². The van der Waals surface area contributed by atoms with E-state index >= 15 is 0 Å². The van der Waals surface area contributed by atoms with Gasteiger partial charge < -0.3 is 9.84 Å². The van der Waals surface area contributed by atoms with Gasteiger partial charge in [-0.1, -0.05) is 30.3 Å². The molecular weight excluding hydrogens is 254 g/mol. The van der Waals surface area contributed by atoms with Crippen LogP contribution in [0.15, 0.2) is 36.4 Å². The molecule has 0 aliphatic carbocycles. The van der Waals surface area contributed by atoms with Crippen LogP contribution in [0.1, 0.15) is 12.5 Å². The molecule has 0 aromatic heterocycles. The largest absolute Gasteiger partial charge is 0.496 e. The van der Waals surface area contributed by atoms with Gasteiger partial charge in [-0.15, -0.1) is 0 Å². The number of hydrogen-bond donors (Lipinski definition) is 1. The first-order chi connectivity index (χ1) is 9.54. The van der Waals surface area contributed by atoms with Crippen molar-refractivity contribution in [2.24, 2.45) is 0 Å². The molecule has 4 heteroatoms. The van der Waals surface area contributed by atoms with Crippen molar-refractivity contribution in [3.63, 3.8) is 0 Å². The lowest BCUT2D eigenvalue weighted by Gasteiger charge is -2.22.